The lowest BCUT2D eigenvalue weighted by atomic mass is 10.5. The summed E-state index contributed by atoms with van der Waals surface area (Å²) in [7, 11) is -3.33. The average molecular weight is 259 g/mol. The van der Waals surface area contributed by atoms with Gasteiger partial charge in [-0.2, -0.15) is 0 Å². The molecule has 0 aliphatic rings. The fraction of sp³-hybridized carbons (Fsp3) is 0.333. The number of nitrogens with zero attached hydrogens (tertiary/aromatic N) is 1. The molecule has 0 saturated carbocycles. The van der Waals surface area contributed by atoms with Gasteiger partial charge in [0.2, 0.25) is 10.0 Å². The highest BCUT2D eigenvalue weighted by atomic mass is 32.2. The SMILES string of the molecule is CCCS(=O)(=O)NC(=S)Nc1ccccn1. The van der Waals surface area contributed by atoms with Crippen molar-refractivity contribution in [1.29, 1.82) is 0 Å². The second-order valence-electron chi connectivity index (χ2n) is 3.09. The Morgan fingerprint density at radius 1 is 1.50 bits per heavy atom. The molecular weight excluding hydrogens is 246 g/mol. The highest BCUT2D eigenvalue weighted by molar-refractivity contribution is 7.91. The fourth-order valence-corrected chi connectivity index (χ4v) is 2.50. The van der Waals surface area contributed by atoms with Crippen LogP contribution in [-0.4, -0.2) is 24.3 Å². The molecule has 0 fully saturated rings. The van der Waals surface area contributed by atoms with Gasteiger partial charge in [0.15, 0.2) is 5.11 Å². The molecule has 2 N–H and O–H groups in total. The lowest BCUT2D eigenvalue weighted by Gasteiger charge is -2.09. The number of rotatable bonds is 4. The van der Waals surface area contributed by atoms with E-state index in [1.807, 2.05) is 0 Å². The largest absolute Gasteiger partial charge is 0.317 e. The normalized spacial score (nSPS) is 10.8. The summed E-state index contributed by atoms with van der Waals surface area (Å²) in [5.74, 6) is 0.559. The molecule has 1 aromatic rings. The van der Waals surface area contributed by atoms with Crippen molar-refractivity contribution in [2.75, 3.05) is 11.1 Å². The van der Waals surface area contributed by atoms with Gasteiger partial charge < -0.3 is 5.32 Å². The molecule has 1 aromatic heterocycles. The van der Waals surface area contributed by atoms with Gasteiger partial charge in [-0.15, -0.1) is 0 Å². The number of pyridine rings is 1. The first-order chi connectivity index (χ1) is 7.53. The maximum Gasteiger partial charge on any atom is 0.234 e. The van der Waals surface area contributed by atoms with E-state index in [9.17, 15) is 8.42 Å². The van der Waals surface area contributed by atoms with Gasteiger partial charge in [-0.25, -0.2) is 13.4 Å². The van der Waals surface area contributed by atoms with Crippen molar-refractivity contribution in [3.8, 4) is 0 Å². The molecule has 0 saturated heterocycles. The summed E-state index contributed by atoms with van der Waals surface area (Å²) in [6.45, 7) is 1.79. The summed E-state index contributed by atoms with van der Waals surface area (Å²) in [5, 5.41) is 2.72. The van der Waals surface area contributed by atoms with Crippen LogP contribution in [0.25, 0.3) is 0 Å². The summed E-state index contributed by atoms with van der Waals surface area (Å²) in [4.78, 5) is 3.96. The van der Waals surface area contributed by atoms with Gasteiger partial charge in [0, 0.05) is 6.20 Å². The Labute approximate surface area is 100 Å². The van der Waals surface area contributed by atoms with Crippen molar-refractivity contribution >= 4 is 33.2 Å². The van der Waals surface area contributed by atoms with Crippen LogP contribution < -0.4 is 10.0 Å². The molecule has 0 aromatic carbocycles. The van der Waals surface area contributed by atoms with Crippen LogP contribution in [0.2, 0.25) is 0 Å². The van der Waals surface area contributed by atoms with Crippen molar-refractivity contribution in [2.45, 2.75) is 13.3 Å². The van der Waals surface area contributed by atoms with E-state index in [1.54, 1.807) is 31.3 Å². The Morgan fingerprint density at radius 2 is 2.25 bits per heavy atom. The van der Waals surface area contributed by atoms with Gasteiger partial charge in [-0.3, -0.25) is 4.72 Å². The van der Waals surface area contributed by atoms with Gasteiger partial charge in [0.25, 0.3) is 0 Å². The van der Waals surface area contributed by atoms with Crippen molar-refractivity contribution < 1.29 is 8.42 Å². The highest BCUT2D eigenvalue weighted by Crippen LogP contribution is 1.99. The first-order valence-corrected chi connectivity index (χ1v) is 6.82. The van der Waals surface area contributed by atoms with Gasteiger partial charge in [-0.05, 0) is 30.8 Å². The van der Waals surface area contributed by atoms with Crippen LogP contribution in [0.3, 0.4) is 0 Å². The minimum atomic E-state index is -3.33. The van der Waals surface area contributed by atoms with Crippen molar-refractivity contribution in [3.05, 3.63) is 24.4 Å². The molecule has 1 heterocycles. The van der Waals surface area contributed by atoms with Crippen LogP contribution in [-0.2, 0) is 10.0 Å². The van der Waals surface area contributed by atoms with Crippen molar-refractivity contribution in [1.82, 2.24) is 9.71 Å². The molecule has 16 heavy (non-hydrogen) atoms. The molecule has 0 amide bonds. The van der Waals surface area contributed by atoms with Crippen LogP contribution in [0.4, 0.5) is 5.82 Å². The lowest BCUT2D eigenvalue weighted by Crippen LogP contribution is -2.35. The molecule has 0 aliphatic carbocycles. The summed E-state index contributed by atoms with van der Waals surface area (Å²) in [6.07, 6.45) is 2.13. The van der Waals surface area contributed by atoms with E-state index >= 15 is 0 Å². The van der Waals surface area contributed by atoms with Gasteiger partial charge in [0.1, 0.15) is 5.82 Å². The standard InChI is InChI=1S/C9H13N3O2S2/c1-2-7-16(13,14)12-9(15)11-8-5-3-4-6-10-8/h3-6H,2,7H2,1H3,(H2,10,11,12,15). The fourth-order valence-electron chi connectivity index (χ4n) is 1.04. The molecule has 0 atom stereocenters. The second-order valence-corrected chi connectivity index (χ2v) is 5.34. The molecule has 7 heteroatoms. The predicted molar refractivity (Wildman–Crippen MR) is 67.7 cm³/mol. The Kier molecular flexibility index (Phi) is 4.63. The Bertz CT molecular complexity index is 445. The first-order valence-electron chi connectivity index (χ1n) is 4.76. The maximum atomic E-state index is 11.4. The number of aromatic nitrogens is 1. The minimum Gasteiger partial charge on any atom is -0.317 e. The third-order valence-electron chi connectivity index (χ3n) is 1.63. The molecule has 88 valence electrons. The van der Waals surface area contributed by atoms with E-state index < -0.39 is 10.0 Å². The zero-order valence-corrected chi connectivity index (χ0v) is 10.4. The van der Waals surface area contributed by atoms with Crippen LogP contribution in [0, 0.1) is 0 Å². The second kappa shape index (κ2) is 5.76. The number of nitrogens with one attached hydrogen (secondary N) is 2. The van der Waals surface area contributed by atoms with Crippen molar-refractivity contribution in [3.63, 3.8) is 0 Å². The van der Waals surface area contributed by atoms with Gasteiger partial charge >= 0.3 is 0 Å². The monoisotopic (exact) mass is 259 g/mol. The summed E-state index contributed by atoms with van der Waals surface area (Å²) >= 11 is 4.86. The van der Waals surface area contributed by atoms with E-state index in [0.29, 0.717) is 12.2 Å². The summed E-state index contributed by atoms with van der Waals surface area (Å²) < 4.78 is 25.0. The number of hydrogen-bond donors (Lipinski definition) is 2. The number of sulfonamides is 1. The van der Waals surface area contributed by atoms with Gasteiger partial charge in [-0.1, -0.05) is 13.0 Å². The van der Waals surface area contributed by atoms with E-state index in [-0.39, 0.29) is 10.9 Å². The van der Waals surface area contributed by atoms with E-state index in [4.69, 9.17) is 12.2 Å². The number of hydrogen-bond acceptors (Lipinski definition) is 4. The molecular formula is C9H13N3O2S2. The predicted octanol–water partition coefficient (Wildman–Crippen LogP) is 1.11. The third-order valence-corrected chi connectivity index (χ3v) is 3.42. The maximum absolute atomic E-state index is 11.4. The lowest BCUT2D eigenvalue weighted by molar-refractivity contribution is 0.591. The van der Waals surface area contributed by atoms with Crippen LogP contribution >= 0.6 is 12.2 Å². The van der Waals surface area contributed by atoms with E-state index in [0.717, 1.165) is 0 Å². The Hall–Kier alpha value is -1.21. The highest BCUT2D eigenvalue weighted by Gasteiger charge is 2.10. The Balaban J connectivity index is 2.55. The van der Waals surface area contributed by atoms with Crippen LogP contribution in [0.5, 0.6) is 0 Å². The summed E-state index contributed by atoms with van der Waals surface area (Å²) in [6, 6.07) is 5.23. The molecule has 5 nitrogen and oxygen atoms in total. The molecule has 0 aliphatic heterocycles. The smallest absolute Gasteiger partial charge is 0.234 e. The molecule has 0 spiro atoms. The topological polar surface area (TPSA) is 71.1 Å². The first kappa shape index (κ1) is 12.9. The molecule has 0 unspecified atom stereocenters. The number of thiocarbonyl (C=S) groups is 1. The van der Waals surface area contributed by atoms with E-state index in [1.165, 1.54) is 0 Å². The zero-order chi connectivity index (χ0) is 12.0. The van der Waals surface area contributed by atoms with Crippen molar-refractivity contribution in [2.24, 2.45) is 0 Å². The van der Waals surface area contributed by atoms with Crippen LogP contribution in [0.1, 0.15) is 13.3 Å². The Morgan fingerprint density at radius 3 is 2.81 bits per heavy atom. The average Bonchev–Trinajstić information content (AvgIpc) is 2.17. The van der Waals surface area contributed by atoms with E-state index in [2.05, 4.69) is 15.0 Å². The molecule has 1 rings (SSSR count). The molecule has 0 bridgehead atoms. The quantitative estimate of drug-likeness (QED) is 0.793. The van der Waals surface area contributed by atoms with Crippen LogP contribution in [0.15, 0.2) is 24.4 Å². The third kappa shape index (κ3) is 4.54. The minimum absolute atomic E-state index is 0.0344. The summed E-state index contributed by atoms with van der Waals surface area (Å²) in [5.41, 5.74) is 0. The molecule has 0 radical (unpaired) electrons. The number of anilines is 1. The zero-order valence-electron chi connectivity index (χ0n) is 8.80. The van der Waals surface area contributed by atoms with Gasteiger partial charge in [0.05, 0.1) is 5.75 Å².